The lowest BCUT2D eigenvalue weighted by Gasteiger charge is -2.16. The molecular formula is C27H32O3. The van der Waals surface area contributed by atoms with Crippen LogP contribution in [0.1, 0.15) is 71.6 Å². The first kappa shape index (κ1) is 21.8. The van der Waals surface area contributed by atoms with Crippen LogP contribution in [0.4, 0.5) is 0 Å². The molecule has 0 spiro atoms. The second-order valence-electron chi connectivity index (χ2n) is 8.50. The van der Waals surface area contributed by atoms with Gasteiger partial charge in [-0.1, -0.05) is 67.8 Å². The molecule has 0 aromatic heterocycles. The van der Waals surface area contributed by atoms with Crippen molar-refractivity contribution in [2.24, 2.45) is 0 Å². The molecule has 0 aliphatic carbocycles. The fourth-order valence-corrected chi connectivity index (χ4v) is 4.12. The van der Waals surface area contributed by atoms with Gasteiger partial charge in [-0.25, -0.2) is 0 Å². The molecule has 3 heteroatoms. The summed E-state index contributed by atoms with van der Waals surface area (Å²) in [5.74, 6) is 1.15. The van der Waals surface area contributed by atoms with E-state index in [0.29, 0.717) is 18.8 Å². The Morgan fingerprint density at radius 2 is 1.23 bits per heavy atom. The Kier molecular flexibility index (Phi) is 6.71. The molecule has 30 heavy (non-hydrogen) atoms. The van der Waals surface area contributed by atoms with Crippen LogP contribution in [0.5, 0.6) is 17.2 Å². The third-order valence-electron chi connectivity index (χ3n) is 5.80. The number of phenols is 3. The van der Waals surface area contributed by atoms with Crippen LogP contribution in [-0.2, 0) is 12.8 Å². The Labute approximate surface area is 179 Å². The van der Waals surface area contributed by atoms with Gasteiger partial charge < -0.3 is 15.3 Å². The topological polar surface area (TPSA) is 60.7 Å². The van der Waals surface area contributed by atoms with E-state index in [-0.39, 0.29) is 17.2 Å². The molecule has 3 nitrogen and oxygen atoms in total. The van der Waals surface area contributed by atoms with Crippen LogP contribution in [0.15, 0.2) is 48.5 Å². The summed E-state index contributed by atoms with van der Waals surface area (Å²) >= 11 is 0. The number of phenolic OH excluding ortho intramolecular Hbond substituents is 3. The zero-order chi connectivity index (χ0) is 21.8. The van der Waals surface area contributed by atoms with Crippen LogP contribution >= 0.6 is 0 Å². The van der Waals surface area contributed by atoms with Gasteiger partial charge >= 0.3 is 0 Å². The van der Waals surface area contributed by atoms with Crippen molar-refractivity contribution < 1.29 is 15.3 Å². The van der Waals surface area contributed by atoms with Crippen molar-refractivity contribution in [1.82, 2.24) is 0 Å². The molecule has 0 aliphatic rings. The highest BCUT2D eigenvalue weighted by atomic mass is 16.3. The standard InChI is InChI=1S/C27H32O3/c1-5-6-19(4)20-8-10-26(29)22(14-20)16-24-13-18(3)12-23(27(24)30)15-21-11-17(2)7-9-25(21)28/h7-14,19,28-30H,5-6,15-16H2,1-4H3. The first-order chi connectivity index (χ1) is 14.3. The molecule has 1 unspecified atom stereocenters. The quantitative estimate of drug-likeness (QED) is 0.421. The number of rotatable bonds is 7. The fraction of sp³-hybridized carbons (Fsp3) is 0.333. The second-order valence-corrected chi connectivity index (χ2v) is 8.50. The lowest BCUT2D eigenvalue weighted by Crippen LogP contribution is -1.99. The molecule has 0 heterocycles. The molecule has 3 rings (SSSR count). The largest absolute Gasteiger partial charge is 0.508 e. The molecular weight excluding hydrogens is 372 g/mol. The van der Waals surface area contributed by atoms with E-state index < -0.39 is 0 Å². The maximum atomic E-state index is 11.0. The normalized spacial score (nSPS) is 12.1. The molecule has 0 saturated carbocycles. The maximum absolute atomic E-state index is 11.0. The summed E-state index contributed by atoms with van der Waals surface area (Å²) in [6, 6.07) is 15.2. The zero-order valence-electron chi connectivity index (χ0n) is 18.4. The fourth-order valence-electron chi connectivity index (χ4n) is 4.12. The van der Waals surface area contributed by atoms with Crippen molar-refractivity contribution in [2.75, 3.05) is 0 Å². The van der Waals surface area contributed by atoms with Crippen molar-refractivity contribution in [2.45, 2.75) is 59.3 Å². The van der Waals surface area contributed by atoms with E-state index in [2.05, 4.69) is 19.9 Å². The van der Waals surface area contributed by atoms with Crippen molar-refractivity contribution in [3.63, 3.8) is 0 Å². The SMILES string of the molecule is CCCC(C)c1ccc(O)c(Cc2cc(C)cc(Cc3cc(C)ccc3O)c2O)c1. The van der Waals surface area contributed by atoms with Gasteiger partial charge in [-0.05, 0) is 66.1 Å². The van der Waals surface area contributed by atoms with Gasteiger partial charge in [-0.15, -0.1) is 0 Å². The van der Waals surface area contributed by atoms with Crippen molar-refractivity contribution in [3.05, 3.63) is 87.5 Å². The molecule has 0 saturated heterocycles. The molecule has 0 bridgehead atoms. The van der Waals surface area contributed by atoms with Crippen LogP contribution < -0.4 is 0 Å². The smallest absolute Gasteiger partial charge is 0.122 e. The number of aryl methyl sites for hydroxylation is 2. The molecule has 0 amide bonds. The highest BCUT2D eigenvalue weighted by Gasteiger charge is 2.15. The van der Waals surface area contributed by atoms with E-state index in [1.165, 1.54) is 5.56 Å². The Morgan fingerprint density at radius 1 is 0.700 bits per heavy atom. The van der Waals surface area contributed by atoms with Crippen molar-refractivity contribution in [3.8, 4) is 17.2 Å². The molecule has 3 aromatic rings. The van der Waals surface area contributed by atoms with E-state index in [1.807, 2.05) is 44.2 Å². The van der Waals surface area contributed by atoms with Crippen LogP contribution in [0.25, 0.3) is 0 Å². The number of hydrogen-bond donors (Lipinski definition) is 3. The minimum atomic E-state index is 0.230. The summed E-state index contributed by atoms with van der Waals surface area (Å²) in [6.07, 6.45) is 3.13. The third-order valence-corrected chi connectivity index (χ3v) is 5.80. The van der Waals surface area contributed by atoms with E-state index >= 15 is 0 Å². The predicted octanol–water partition coefficient (Wildman–Crippen LogP) is 6.51. The average molecular weight is 405 g/mol. The summed E-state index contributed by atoms with van der Waals surface area (Å²) in [4.78, 5) is 0. The van der Waals surface area contributed by atoms with Gasteiger partial charge in [0.15, 0.2) is 0 Å². The summed E-state index contributed by atoms with van der Waals surface area (Å²) in [5, 5.41) is 31.6. The van der Waals surface area contributed by atoms with E-state index in [1.54, 1.807) is 12.1 Å². The van der Waals surface area contributed by atoms with Gasteiger partial charge in [0.2, 0.25) is 0 Å². The lowest BCUT2D eigenvalue weighted by molar-refractivity contribution is 0.456. The first-order valence-electron chi connectivity index (χ1n) is 10.7. The highest BCUT2D eigenvalue weighted by Crippen LogP contribution is 2.34. The Hall–Kier alpha value is -2.94. The number of hydrogen-bond acceptors (Lipinski definition) is 3. The molecule has 0 radical (unpaired) electrons. The van der Waals surface area contributed by atoms with Crippen molar-refractivity contribution in [1.29, 1.82) is 0 Å². The van der Waals surface area contributed by atoms with Crippen LogP contribution in [-0.4, -0.2) is 15.3 Å². The van der Waals surface area contributed by atoms with Gasteiger partial charge in [-0.3, -0.25) is 0 Å². The third kappa shape index (κ3) is 4.96. The minimum absolute atomic E-state index is 0.230. The second kappa shape index (κ2) is 9.25. The summed E-state index contributed by atoms with van der Waals surface area (Å²) < 4.78 is 0. The predicted molar refractivity (Wildman–Crippen MR) is 123 cm³/mol. The summed E-state index contributed by atoms with van der Waals surface area (Å²) in [7, 11) is 0. The van der Waals surface area contributed by atoms with Gasteiger partial charge in [0, 0.05) is 12.8 Å². The Morgan fingerprint density at radius 3 is 1.83 bits per heavy atom. The molecule has 1 atom stereocenters. The monoisotopic (exact) mass is 404 g/mol. The van der Waals surface area contributed by atoms with Crippen molar-refractivity contribution >= 4 is 0 Å². The maximum Gasteiger partial charge on any atom is 0.122 e. The van der Waals surface area contributed by atoms with E-state index in [9.17, 15) is 15.3 Å². The number of benzene rings is 3. The van der Waals surface area contributed by atoms with Gasteiger partial charge in [-0.2, -0.15) is 0 Å². The first-order valence-corrected chi connectivity index (χ1v) is 10.7. The summed E-state index contributed by atoms with van der Waals surface area (Å²) in [5.41, 5.74) is 6.49. The minimum Gasteiger partial charge on any atom is -0.508 e. The van der Waals surface area contributed by atoms with Gasteiger partial charge in [0.05, 0.1) is 0 Å². The van der Waals surface area contributed by atoms with E-state index in [0.717, 1.165) is 46.2 Å². The average Bonchev–Trinajstić information content (AvgIpc) is 2.70. The van der Waals surface area contributed by atoms with E-state index in [4.69, 9.17) is 0 Å². The van der Waals surface area contributed by atoms with Gasteiger partial charge in [0.1, 0.15) is 17.2 Å². The zero-order valence-corrected chi connectivity index (χ0v) is 18.4. The van der Waals surface area contributed by atoms with Gasteiger partial charge in [0.25, 0.3) is 0 Å². The summed E-state index contributed by atoms with van der Waals surface area (Å²) in [6.45, 7) is 8.37. The molecule has 0 fully saturated rings. The Balaban J connectivity index is 1.94. The lowest BCUT2D eigenvalue weighted by atomic mass is 9.91. The molecule has 3 aromatic carbocycles. The van der Waals surface area contributed by atoms with Crippen LogP contribution in [0.2, 0.25) is 0 Å². The molecule has 3 N–H and O–H groups in total. The highest BCUT2D eigenvalue weighted by molar-refractivity contribution is 5.51. The molecule has 0 aliphatic heterocycles. The number of aromatic hydroxyl groups is 3. The van der Waals surface area contributed by atoms with Crippen LogP contribution in [0, 0.1) is 13.8 Å². The molecule has 158 valence electrons. The van der Waals surface area contributed by atoms with Crippen LogP contribution in [0.3, 0.4) is 0 Å². The Bertz CT molecular complexity index is 1040.